The van der Waals surface area contributed by atoms with Crippen molar-refractivity contribution in [2.24, 2.45) is 7.05 Å². The third-order valence-electron chi connectivity index (χ3n) is 7.10. The maximum absolute atomic E-state index is 13.2. The van der Waals surface area contributed by atoms with Crippen LogP contribution in [0, 0.1) is 10.1 Å². The molecular formula is C25H28N8NaO11P. The Labute approximate surface area is 282 Å². The topological polar surface area (TPSA) is 248 Å². The Morgan fingerprint density at radius 3 is 2.54 bits per heavy atom. The molecule has 1 aromatic carbocycles. The Morgan fingerprint density at radius 1 is 1.24 bits per heavy atom. The summed E-state index contributed by atoms with van der Waals surface area (Å²) in [6.45, 7) is 2.47. The smallest absolute Gasteiger partial charge is 0.856 e. The van der Waals surface area contributed by atoms with Gasteiger partial charge in [0.15, 0.2) is 24.1 Å². The molecule has 1 aliphatic heterocycles. The third-order valence-corrected chi connectivity index (χ3v) is 8.37. The number of methoxy groups -OCH3 is 1. The van der Waals surface area contributed by atoms with Gasteiger partial charge in [-0.2, -0.15) is 0 Å². The van der Waals surface area contributed by atoms with Gasteiger partial charge >= 0.3 is 41.4 Å². The van der Waals surface area contributed by atoms with Crippen molar-refractivity contribution in [3.63, 3.8) is 0 Å². The fraction of sp³-hybridized carbons (Fsp3) is 0.400. The number of nitro benzene ring substituents is 1. The average Bonchev–Trinajstić information content (AvgIpc) is 3.70. The summed E-state index contributed by atoms with van der Waals surface area (Å²) in [5, 5.41) is 23.6. The number of benzene rings is 1. The first-order chi connectivity index (χ1) is 21.2. The van der Waals surface area contributed by atoms with E-state index in [9.17, 15) is 29.5 Å². The van der Waals surface area contributed by atoms with E-state index in [-0.39, 0.29) is 52.4 Å². The van der Waals surface area contributed by atoms with E-state index in [1.54, 1.807) is 20.9 Å². The number of nitro groups is 1. The predicted molar refractivity (Wildman–Crippen MR) is 146 cm³/mol. The Balaban J connectivity index is 0.00000480. The molecule has 2 N–H and O–H groups in total. The van der Waals surface area contributed by atoms with E-state index in [4.69, 9.17) is 29.2 Å². The Morgan fingerprint density at radius 2 is 1.93 bits per heavy atom. The normalized spacial score (nSPS) is 21.0. The van der Waals surface area contributed by atoms with Crippen molar-refractivity contribution in [3.8, 4) is 5.88 Å². The minimum atomic E-state index is -4.69. The van der Waals surface area contributed by atoms with Gasteiger partial charge in [0, 0.05) is 37.5 Å². The van der Waals surface area contributed by atoms with Crippen LogP contribution in [0.1, 0.15) is 25.6 Å². The fourth-order valence-electron chi connectivity index (χ4n) is 4.89. The number of rotatable bonds is 10. The van der Waals surface area contributed by atoms with Crippen LogP contribution in [-0.2, 0) is 40.7 Å². The van der Waals surface area contributed by atoms with E-state index in [0.717, 1.165) is 10.7 Å². The molecule has 4 aromatic rings. The van der Waals surface area contributed by atoms with E-state index in [1.165, 1.54) is 59.2 Å². The molecule has 0 amide bonds. The molecule has 46 heavy (non-hydrogen) atoms. The second-order valence-corrected chi connectivity index (χ2v) is 12.1. The minimum Gasteiger partial charge on any atom is -0.856 e. The zero-order valence-electron chi connectivity index (χ0n) is 25.3. The van der Waals surface area contributed by atoms with Gasteiger partial charge in [0.2, 0.25) is 14.0 Å². The van der Waals surface area contributed by atoms with Crippen LogP contribution in [-0.4, -0.2) is 67.0 Å². The van der Waals surface area contributed by atoms with Gasteiger partial charge in [-0.1, -0.05) is 4.98 Å². The third kappa shape index (κ3) is 7.01. The van der Waals surface area contributed by atoms with Gasteiger partial charge in [-0.3, -0.25) is 23.6 Å². The van der Waals surface area contributed by atoms with Crippen LogP contribution in [0.15, 0.2) is 49.3 Å². The molecule has 1 saturated heterocycles. The van der Waals surface area contributed by atoms with Gasteiger partial charge in [-0.25, -0.2) is 19.3 Å². The largest absolute Gasteiger partial charge is 1.00 e. The number of carbonyl (C=O) groups excluding carboxylic acids is 1. The summed E-state index contributed by atoms with van der Waals surface area (Å²) < 4.78 is 44.6. The number of non-ortho nitro benzene ring substituents is 1. The number of nitrogen functional groups attached to an aromatic ring is 1. The Hall–Kier alpha value is -3.68. The first kappa shape index (κ1) is 35.2. The van der Waals surface area contributed by atoms with Crippen LogP contribution in [0.25, 0.3) is 11.2 Å². The SMILES string of the molecule is CO[C@H]1C(OC(=O)OC(C)(C)c2ccc([N+](=O)[O-])cc2)[C@@H](COP(=O)([O-])n2ccnc2)O[C@H]1[n+]1cn(C)c2c([O-])nc(N)nc21.[Na+]. The number of aryl methyl sites for hydroxylation is 1. The molecule has 4 heterocycles. The number of fused-ring (bicyclic) bond motifs is 1. The van der Waals surface area contributed by atoms with Gasteiger partial charge in [-0.05, 0) is 31.5 Å². The van der Waals surface area contributed by atoms with Crippen molar-refractivity contribution in [2.45, 2.75) is 44.0 Å². The molecule has 240 valence electrons. The number of nitrogens with two attached hydrogens (primary N) is 1. The summed E-state index contributed by atoms with van der Waals surface area (Å²) in [5.41, 5.74) is 4.87. The maximum atomic E-state index is 13.2. The number of hydrogen-bond acceptors (Lipinski definition) is 15. The van der Waals surface area contributed by atoms with Crippen molar-refractivity contribution in [1.29, 1.82) is 0 Å². The zero-order valence-corrected chi connectivity index (χ0v) is 28.2. The van der Waals surface area contributed by atoms with Crippen molar-refractivity contribution < 1.29 is 81.9 Å². The number of anilines is 1. The second kappa shape index (κ2) is 13.6. The molecular weight excluding hydrogens is 642 g/mol. The van der Waals surface area contributed by atoms with E-state index >= 15 is 0 Å². The number of imidazole rings is 2. The summed E-state index contributed by atoms with van der Waals surface area (Å²) >= 11 is 0. The van der Waals surface area contributed by atoms with Crippen LogP contribution in [0.4, 0.5) is 16.4 Å². The molecule has 1 aliphatic rings. The fourth-order valence-corrected chi connectivity index (χ4v) is 5.77. The first-order valence-corrected chi connectivity index (χ1v) is 14.7. The van der Waals surface area contributed by atoms with E-state index in [0.29, 0.717) is 5.56 Å². The summed E-state index contributed by atoms with van der Waals surface area (Å²) in [4.78, 5) is 47.9. The zero-order chi connectivity index (χ0) is 32.7. The number of carbonyl (C=O) groups is 1. The first-order valence-electron chi connectivity index (χ1n) is 13.2. The monoisotopic (exact) mass is 670 g/mol. The molecule has 0 spiro atoms. The van der Waals surface area contributed by atoms with Crippen molar-refractivity contribution >= 4 is 36.7 Å². The summed E-state index contributed by atoms with van der Waals surface area (Å²) in [6.07, 6.45) is -1.09. The molecule has 5 rings (SSSR count). The van der Waals surface area contributed by atoms with E-state index in [1.807, 2.05) is 0 Å². The molecule has 2 unspecified atom stereocenters. The van der Waals surface area contributed by atoms with Crippen molar-refractivity contribution in [3.05, 3.63) is 65.0 Å². The summed E-state index contributed by atoms with van der Waals surface area (Å²) in [5.74, 6) is -0.945. The van der Waals surface area contributed by atoms with Crippen LogP contribution in [0.5, 0.6) is 5.88 Å². The molecule has 19 nitrogen and oxygen atoms in total. The summed E-state index contributed by atoms with van der Waals surface area (Å²) in [6, 6.07) is 5.40. The van der Waals surface area contributed by atoms with Gasteiger partial charge in [0.1, 0.15) is 18.0 Å². The Bertz CT molecular complexity index is 1770. The molecule has 0 aliphatic carbocycles. The predicted octanol–water partition coefficient (Wildman–Crippen LogP) is -2.58. The van der Waals surface area contributed by atoms with Crippen LogP contribution in [0.3, 0.4) is 0 Å². The van der Waals surface area contributed by atoms with Gasteiger partial charge in [0.05, 0.1) is 18.6 Å². The van der Waals surface area contributed by atoms with Gasteiger partial charge in [-0.15, -0.1) is 0 Å². The van der Waals surface area contributed by atoms with Crippen molar-refractivity contribution in [1.82, 2.24) is 23.9 Å². The minimum absolute atomic E-state index is 0. The molecule has 0 bridgehead atoms. The quantitative estimate of drug-likeness (QED) is 0.0455. The molecule has 5 atom stereocenters. The van der Waals surface area contributed by atoms with Crippen molar-refractivity contribution in [2.75, 3.05) is 19.5 Å². The average molecular weight is 671 g/mol. The van der Waals surface area contributed by atoms with Gasteiger partial charge in [0.25, 0.3) is 11.6 Å². The van der Waals surface area contributed by atoms with Gasteiger partial charge < -0.3 is 39.2 Å². The second-order valence-electron chi connectivity index (χ2n) is 10.4. The molecule has 0 saturated carbocycles. The standard InChI is InChI=1S/C25H29N8O11P.Na/c1-25(2,14-5-7-15(8-6-14)33(36)37)44-24(35)43-18-16(11-41-45(38,39)31-10-9-27-12-31)42-22(19(18)40-4)32-13-30(3)17-20(32)28-23(26)29-21(17)34;/h5-10,12-13,16,18-19,22H,11H2,1-4H3,(H3-,26,28,29,34,38,39);/q;+1/p-1/t16-,18?,19+,22-;/m1./s1. The summed E-state index contributed by atoms with van der Waals surface area (Å²) in [7, 11) is -1.81. The van der Waals surface area contributed by atoms with Crippen LogP contribution in [0.2, 0.25) is 0 Å². The molecule has 21 heteroatoms. The molecule has 3 aromatic heterocycles. The number of nitrogens with zero attached hydrogens (tertiary/aromatic N) is 7. The Kier molecular flexibility index (Phi) is 10.4. The maximum Gasteiger partial charge on any atom is 1.00 e. The molecule has 1 fully saturated rings. The molecule has 0 radical (unpaired) electrons. The van der Waals surface area contributed by atoms with E-state index < -0.39 is 61.5 Å². The van der Waals surface area contributed by atoms with Crippen LogP contribution >= 0.6 is 7.75 Å². The number of aromatic nitrogens is 6. The van der Waals surface area contributed by atoms with E-state index in [2.05, 4.69) is 15.0 Å². The number of ether oxygens (including phenoxy) is 4. The number of hydrogen-bond donors (Lipinski definition) is 1. The van der Waals surface area contributed by atoms with Crippen LogP contribution < -0.4 is 49.9 Å².